The summed E-state index contributed by atoms with van der Waals surface area (Å²) in [5, 5.41) is 3.06. The Morgan fingerprint density at radius 3 is 2.50 bits per heavy atom. The lowest BCUT2D eigenvalue weighted by Gasteiger charge is -2.19. The highest BCUT2D eigenvalue weighted by Crippen LogP contribution is 2.24. The van der Waals surface area contributed by atoms with Gasteiger partial charge in [0, 0.05) is 7.05 Å². The molecule has 4 heteroatoms. The van der Waals surface area contributed by atoms with Gasteiger partial charge in [-0.05, 0) is 19.3 Å². The van der Waals surface area contributed by atoms with E-state index in [0.717, 1.165) is 17.8 Å². The maximum atomic E-state index is 5.85. The van der Waals surface area contributed by atoms with Crippen LogP contribution in [0.4, 0.5) is 5.82 Å². The summed E-state index contributed by atoms with van der Waals surface area (Å²) in [6.45, 7) is 8.41. The van der Waals surface area contributed by atoms with Crippen LogP contribution in [0, 0.1) is 5.92 Å². The van der Waals surface area contributed by atoms with Gasteiger partial charge in [0.15, 0.2) is 0 Å². The number of nitrogens with zero attached hydrogens (tertiary/aromatic N) is 2. The molecule has 0 radical (unpaired) electrons. The highest BCUT2D eigenvalue weighted by Gasteiger charge is 2.14. The van der Waals surface area contributed by atoms with Gasteiger partial charge in [-0.2, -0.15) is 0 Å². The summed E-state index contributed by atoms with van der Waals surface area (Å²) in [6.07, 6.45) is 2.55. The Labute approximate surface area is 97.5 Å². The molecule has 16 heavy (non-hydrogen) atoms. The zero-order valence-electron chi connectivity index (χ0n) is 10.7. The van der Waals surface area contributed by atoms with Crippen LogP contribution in [-0.4, -0.2) is 23.1 Å². The lowest BCUT2D eigenvalue weighted by atomic mass is 10.1. The van der Waals surface area contributed by atoms with E-state index in [0.29, 0.717) is 11.8 Å². The minimum absolute atomic E-state index is 0.157. The van der Waals surface area contributed by atoms with Crippen molar-refractivity contribution in [3.05, 3.63) is 11.9 Å². The second-order valence-corrected chi connectivity index (χ2v) is 4.18. The van der Waals surface area contributed by atoms with E-state index in [2.05, 4.69) is 43.0 Å². The van der Waals surface area contributed by atoms with Gasteiger partial charge in [0.1, 0.15) is 12.1 Å². The Bertz CT molecular complexity index is 339. The fraction of sp³-hybridized carbons (Fsp3) is 0.667. The van der Waals surface area contributed by atoms with Crippen LogP contribution in [0.15, 0.2) is 6.33 Å². The molecule has 90 valence electrons. The maximum absolute atomic E-state index is 5.85. The third-order valence-corrected chi connectivity index (χ3v) is 2.73. The lowest BCUT2D eigenvalue weighted by molar-refractivity contribution is 0.161. The van der Waals surface area contributed by atoms with Crippen molar-refractivity contribution in [1.29, 1.82) is 0 Å². The molecule has 0 aliphatic carbocycles. The Morgan fingerprint density at radius 2 is 2.00 bits per heavy atom. The zero-order chi connectivity index (χ0) is 12.1. The average Bonchev–Trinajstić information content (AvgIpc) is 2.28. The van der Waals surface area contributed by atoms with Crippen LogP contribution >= 0.6 is 0 Å². The third kappa shape index (κ3) is 2.84. The summed E-state index contributed by atoms with van der Waals surface area (Å²) in [5.41, 5.74) is 1.04. The Balaban J connectivity index is 2.95. The van der Waals surface area contributed by atoms with E-state index in [1.807, 2.05) is 7.05 Å². The second-order valence-electron chi connectivity index (χ2n) is 4.18. The number of ether oxygens (including phenoxy) is 1. The highest BCUT2D eigenvalue weighted by atomic mass is 16.5. The molecule has 1 atom stereocenters. The smallest absolute Gasteiger partial charge is 0.222 e. The zero-order valence-corrected chi connectivity index (χ0v) is 10.7. The predicted octanol–water partition coefficient (Wildman–Crippen LogP) is 2.50. The molecule has 0 aliphatic heterocycles. The van der Waals surface area contributed by atoms with Crippen LogP contribution in [0.1, 0.15) is 33.3 Å². The quantitative estimate of drug-likeness (QED) is 0.833. The maximum Gasteiger partial charge on any atom is 0.222 e. The van der Waals surface area contributed by atoms with Crippen LogP contribution in [0.2, 0.25) is 0 Å². The number of hydrogen-bond donors (Lipinski definition) is 1. The SMILES string of the molecule is CCc1c(NC)ncnc1OC(C)C(C)C. The molecule has 0 amide bonds. The molecule has 1 unspecified atom stereocenters. The highest BCUT2D eigenvalue weighted by molar-refractivity contribution is 5.48. The molecule has 0 spiro atoms. The van der Waals surface area contributed by atoms with Gasteiger partial charge in [0.25, 0.3) is 0 Å². The summed E-state index contributed by atoms with van der Waals surface area (Å²) in [4.78, 5) is 8.39. The van der Waals surface area contributed by atoms with Crippen LogP contribution in [-0.2, 0) is 6.42 Å². The van der Waals surface area contributed by atoms with Gasteiger partial charge in [0.05, 0.1) is 11.7 Å². The van der Waals surface area contributed by atoms with Gasteiger partial charge < -0.3 is 10.1 Å². The lowest BCUT2D eigenvalue weighted by Crippen LogP contribution is -2.20. The van der Waals surface area contributed by atoms with Gasteiger partial charge in [-0.25, -0.2) is 9.97 Å². The standard InChI is InChI=1S/C12H21N3O/c1-6-10-11(13-5)14-7-15-12(10)16-9(4)8(2)3/h7-9H,6H2,1-5H3,(H,13,14,15). The molecule has 1 aromatic heterocycles. The van der Waals surface area contributed by atoms with Gasteiger partial charge in [-0.15, -0.1) is 0 Å². The van der Waals surface area contributed by atoms with E-state index < -0.39 is 0 Å². The van der Waals surface area contributed by atoms with E-state index in [-0.39, 0.29) is 6.10 Å². The molecule has 1 N–H and O–H groups in total. The Hall–Kier alpha value is -1.32. The minimum atomic E-state index is 0.157. The van der Waals surface area contributed by atoms with Crippen molar-refractivity contribution < 1.29 is 4.74 Å². The first-order valence-corrected chi connectivity index (χ1v) is 5.78. The molecule has 0 saturated carbocycles. The Kier molecular flexibility index (Phi) is 4.52. The third-order valence-electron chi connectivity index (χ3n) is 2.73. The minimum Gasteiger partial charge on any atom is -0.474 e. The number of rotatable bonds is 5. The molecular weight excluding hydrogens is 202 g/mol. The second kappa shape index (κ2) is 5.68. The summed E-state index contributed by atoms with van der Waals surface area (Å²) in [6, 6.07) is 0. The summed E-state index contributed by atoms with van der Waals surface area (Å²) >= 11 is 0. The molecule has 1 heterocycles. The molecule has 0 bridgehead atoms. The molecule has 0 aromatic carbocycles. The first kappa shape index (κ1) is 12.7. The molecule has 0 fully saturated rings. The first-order chi connectivity index (χ1) is 7.60. The molecule has 0 saturated heterocycles. The monoisotopic (exact) mass is 223 g/mol. The molecule has 1 aromatic rings. The van der Waals surface area contributed by atoms with Crippen molar-refractivity contribution in [2.24, 2.45) is 5.92 Å². The largest absolute Gasteiger partial charge is 0.474 e. The fourth-order valence-electron chi connectivity index (χ4n) is 1.34. The number of anilines is 1. The molecular formula is C12H21N3O. The van der Waals surface area contributed by atoms with Crippen LogP contribution in [0.3, 0.4) is 0 Å². The van der Waals surface area contributed by atoms with Gasteiger partial charge >= 0.3 is 0 Å². The predicted molar refractivity (Wildman–Crippen MR) is 65.9 cm³/mol. The van der Waals surface area contributed by atoms with Crippen molar-refractivity contribution in [2.75, 3.05) is 12.4 Å². The molecule has 0 aliphatic rings. The molecule has 1 rings (SSSR count). The fourth-order valence-corrected chi connectivity index (χ4v) is 1.34. The molecule has 4 nitrogen and oxygen atoms in total. The van der Waals surface area contributed by atoms with Gasteiger partial charge in [0.2, 0.25) is 5.88 Å². The average molecular weight is 223 g/mol. The van der Waals surface area contributed by atoms with Crippen LogP contribution < -0.4 is 10.1 Å². The van der Waals surface area contributed by atoms with Crippen molar-refractivity contribution in [1.82, 2.24) is 9.97 Å². The van der Waals surface area contributed by atoms with E-state index in [1.165, 1.54) is 6.33 Å². The number of nitrogens with one attached hydrogen (secondary N) is 1. The summed E-state index contributed by atoms with van der Waals surface area (Å²) in [7, 11) is 1.86. The first-order valence-electron chi connectivity index (χ1n) is 5.78. The Morgan fingerprint density at radius 1 is 1.31 bits per heavy atom. The topological polar surface area (TPSA) is 47.0 Å². The summed E-state index contributed by atoms with van der Waals surface area (Å²) in [5.74, 6) is 2.02. The number of hydrogen-bond acceptors (Lipinski definition) is 4. The van der Waals surface area contributed by atoms with Crippen molar-refractivity contribution in [3.8, 4) is 5.88 Å². The van der Waals surface area contributed by atoms with E-state index in [9.17, 15) is 0 Å². The van der Waals surface area contributed by atoms with Gasteiger partial charge in [-0.3, -0.25) is 0 Å². The van der Waals surface area contributed by atoms with Crippen LogP contribution in [0.25, 0.3) is 0 Å². The van der Waals surface area contributed by atoms with E-state index in [4.69, 9.17) is 4.74 Å². The van der Waals surface area contributed by atoms with E-state index in [1.54, 1.807) is 0 Å². The van der Waals surface area contributed by atoms with E-state index >= 15 is 0 Å². The van der Waals surface area contributed by atoms with Crippen molar-refractivity contribution >= 4 is 5.82 Å². The van der Waals surface area contributed by atoms with Crippen molar-refractivity contribution in [2.45, 2.75) is 40.2 Å². The normalized spacial score (nSPS) is 12.6. The van der Waals surface area contributed by atoms with Crippen molar-refractivity contribution in [3.63, 3.8) is 0 Å². The van der Waals surface area contributed by atoms with Gasteiger partial charge in [-0.1, -0.05) is 20.8 Å². The van der Waals surface area contributed by atoms with Crippen LogP contribution in [0.5, 0.6) is 5.88 Å². The summed E-state index contributed by atoms with van der Waals surface area (Å²) < 4.78 is 5.85. The number of aromatic nitrogens is 2.